The Morgan fingerprint density at radius 1 is 1.19 bits per heavy atom. The third kappa shape index (κ3) is 6.50. The molecule has 1 aliphatic heterocycles. The van der Waals surface area contributed by atoms with Gasteiger partial charge in [-0.15, -0.1) is 5.10 Å². The first-order chi connectivity index (χ1) is 17.4. The molecule has 1 aliphatic rings. The number of benzene rings is 2. The van der Waals surface area contributed by atoms with Crippen molar-refractivity contribution in [3.63, 3.8) is 0 Å². The highest BCUT2D eigenvalue weighted by Gasteiger charge is 2.19. The third-order valence-electron chi connectivity index (χ3n) is 6.64. The summed E-state index contributed by atoms with van der Waals surface area (Å²) in [6.45, 7) is 9.66. The summed E-state index contributed by atoms with van der Waals surface area (Å²) >= 11 is 0. The summed E-state index contributed by atoms with van der Waals surface area (Å²) in [5.41, 5.74) is 3.07. The van der Waals surface area contributed by atoms with E-state index >= 15 is 0 Å². The van der Waals surface area contributed by atoms with Gasteiger partial charge in [0.15, 0.2) is 0 Å². The van der Waals surface area contributed by atoms with Crippen molar-refractivity contribution >= 4 is 5.91 Å². The number of nitrogens with zero attached hydrogens (tertiary/aromatic N) is 4. The molecule has 3 aromatic rings. The van der Waals surface area contributed by atoms with Gasteiger partial charge in [-0.05, 0) is 62.1 Å². The lowest BCUT2D eigenvalue weighted by atomic mass is 10.0. The van der Waals surface area contributed by atoms with Gasteiger partial charge in [-0.2, -0.15) is 0 Å². The monoisotopic (exact) mass is 491 g/mol. The second-order valence-electron chi connectivity index (χ2n) is 9.61. The lowest BCUT2D eigenvalue weighted by Crippen LogP contribution is -2.38. The Morgan fingerprint density at radius 2 is 1.97 bits per heavy atom. The van der Waals surface area contributed by atoms with Crippen LogP contribution in [-0.2, 0) is 11.3 Å². The molecular formula is C28H37N5O3. The van der Waals surface area contributed by atoms with Gasteiger partial charge in [0.25, 0.3) is 5.91 Å². The number of para-hydroxylation sites is 1. The molecule has 8 nitrogen and oxygen atoms in total. The van der Waals surface area contributed by atoms with E-state index in [4.69, 9.17) is 9.47 Å². The highest BCUT2D eigenvalue weighted by atomic mass is 16.5. The number of nitrogens with one attached hydrogen (secondary N) is 1. The van der Waals surface area contributed by atoms with Crippen LogP contribution < -0.4 is 10.1 Å². The predicted octanol–water partition coefficient (Wildman–Crippen LogP) is 4.12. The van der Waals surface area contributed by atoms with Crippen LogP contribution in [0.2, 0.25) is 0 Å². The molecule has 0 bridgehead atoms. The van der Waals surface area contributed by atoms with Crippen molar-refractivity contribution in [2.45, 2.75) is 52.1 Å². The first kappa shape index (κ1) is 25.9. The van der Waals surface area contributed by atoms with Gasteiger partial charge in [0.1, 0.15) is 18.2 Å². The molecule has 0 unspecified atom stereocenters. The van der Waals surface area contributed by atoms with Crippen LogP contribution >= 0.6 is 0 Å². The second-order valence-corrected chi connectivity index (χ2v) is 9.61. The van der Waals surface area contributed by atoms with E-state index in [9.17, 15) is 4.79 Å². The molecule has 1 fully saturated rings. The number of carbonyl (C=O) groups is 1. The van der Waals surface area contributed by atoms with Crippen LogP contribution in [0.1, 0.15) is 60.2 Å². The van der Waals surface area contributed by atoms with E-state index in [1.807, 2.05) is 49.4 Å². The summed E-state index contributed by atoms with van der Waals surface area (Å²) in [6, 6.07) is 16.5. The van der Waals surface area contributed by atoms with Crippen LogP contribution in [-0.4, -0.2) is 65.0 Å². The average molecular weight is 492 g/mol. The Bertz CT molecular complexity index is 1150. The Balaban J connectivity index is 1.32. The zero-order chi connectivity index (χ0) is 25.5. The minimum absolute atomic E-state index is 0.162. The minimum atomic E-state index is -0.303. The molecule has 2 aromatic carbocycles. The fraction of sp³-hybridized carbons (Fsp3) is 0.464. The maximum Gasteiger partial charge on any atom is 0.291 e. The standard InChI is InChI=1S/C28H37N5O3/c1-20(2)25-10-5-6-11-26(25)33-21(3)30-27(31-33)28(34)29-19-22-8-7-9-24(18-22)36-17-14-32(4)23-12-15-35-16-13-23/h5-11,18,20,23H,12-17,19H2,1-4H3,(H,29,34). The van der Waals surface area contributed by atoms with Crippen molar-refractivity contribution in [2.75, 3.05) is 33.4 Å². The fourth-order valence-corrected chi connectivity index (χ4v) is 4.51. The van der Waals surface area contributed by atoms with Crippen LogP contribution in [0.4, 0.5) is 0 Å². The number of aromatic nitrogens is 3. The molecule has 2 heterocycles. The molecule has 8 heteroatoms. The number of carbonyl (C=O) groups excluding carboxylic acids is 1. The lowest BCUT2D eigenvalue weighted by molar-refractivity contribution is 0.0392. The van der Waals surface area contributed by atoms with E-state index in [1.54, 1.807) is 4.68 Å². The summed E-state index contributed by atoms with van der Waals surface area (Å²) in [5, 5.41) is 7.44. The SMILES string of the molecule is Cc1nc(C(=O)NCc2cccc(OCCN(C)C3CCOCC3)c2)nn1-c1ccccc1C(C)C. The van der Waals surface area contributed by atoms with Crippen LogP contribution in [0.3, 0.4) is 0 Å². The quantitative estimate of drug-likeness (QED) is 0.460. The van der Waals surface area contributed by atoms with Crippen molar-refractivity contribution < 1.29 is 14.3 Å². The van der Waals surface area contributed by atoms with Crippen molar-refractivity contribution in [1.82, 2.24) is 25.0 Å². The maximum atomic E-state index is 12.8. The second kappa shape index (κ2) is 12.1. The molecule has 1 N–H and O–H groups in total. The number of hydrogen-bond acceptors (Lipinski definition) is 6. The average Bonchev–Trinajstić information content (AvgIpc) is 3.29. The number of amides is 1. The van der Waals surface area contributed by atoms with E-state index < -0.39 is 0 Å². The zero-order valence-corrected chi connectivity index (χ0v) is 21.7. The third-order valence-corrected chi connectivity index (χ3v) is 6.64. The van der Waals surface area contributed by atoms with Gasteiger partial charge in [0.05, 0.1) is 5.69 Å². The topological polar surface area (TPSA) is 81.5 Å². The Morgan fingerprint density at radius 3 is 2.75 bits per heavy atom. The first-order valence-electron chi connectivity index (χ1n) is 12.7. The van der Waals surface area contributed by atoms with Gasteiger partial charge in [-0.1, -0.05) is 44.2 Å². The fourth-order valence-electron chi connectivity index (χ4n) is 4.51. The predicted molar refractivity (Wildman–Crippen MR) is 140 cm³/mol. The molecule has 0 saturated carbocycles. The van der Waals surface area contributed by atoms with Crippen LogP contribution in [0.25, 0.3) is 5.69 Å². The number of rotatable bonds is 10. The van der Waals surface area contributed by atoms with Gasteiger partial charge >= 0.3 is 0 Å². The van der Waals surface area contributed by atoms with Crippen molar-refractivity contribution in [3.05, 3.63) is 71.3 Å². The molecule has 1 saturated heterocycles. The summed E-state index contributed by atoms with van der Waals surface area (Å²) in [5.74, 6) is 1.66. The van der Waals surface area contributed by atoms with Crippen LogP contribution in [0.15, 0.2) is 48.5 Å². The van der Waals surface area contributed by atoms with Gasteiger partial charge in [0.2, 0.25) is 5.82 Å². The number of aryl methyl sites for hydroxylation is 1. The lowest BCUT2D eigenvalue weighted by Gasteiger charge is -2.31. The number of likely N-dealkylation sites (N-methyl/N-ethyl adjacent to an activating group) is 1. The largest absolute Gasteiger partial charge is 0.492 e. The highest BCUT2D eigenvalue weighted by Crippen LogP contribution is 2.23. The molecule has 1 amide bonds. The van der Waals surface area contributed by atoms with Gasteiger partial charge in [-0.25, -0.2) is 9.67 Å². The summed E-state index contributed by atoms with van der Waals surface area (Å²) in [4.78, 5) is 19.6. The Hall–Kier alpha value is -3.23. The molecule has 1 aromatic heterocycles. The zero-order valence-electron chi connectivity index (χ0n) is 21.7. The molecule has 0 radical (unpaired) electrons. The van der Waals surface area contributed by atoms with E-state index in [0.717, 1.165) is 55.2 Å². The maximum absolute atomic E-state index is 12.8. The van der Waals surface area contributed by atoms with Gasteiger partial charge < -0.3 is 14.8 Å². The van der Waals surface area contributed by atoms with Gasteiger partial charge in [-0.3, -0.25) is 9.69 Å². The minimum Gasteiger partial charge on any atom is -0.492 e. The summed E-state index contributed by atoms with van der Waals surface area (Å²) in [6.07, 6.45) is 2.14. The van der Waals surface area contributed by atoms with Crippen molar-refractivity contribution in [1.29, 1.82) is 0 Å². The Labute approximate surface area is 213 Å². The highest BCUT2D eigenvalue weighted by molar-refractivity contribution is 5.90. The van der Waals surface area contributed by atoms with E-state index in [1.165, 1.54) is 0 Å². The molecule has 0 aliphatic carbocycles. The van der Waals surface area contributed by atoms with E-state index in [2.05, 4.69) is 47.3 Å². The van der Waals surface area contributed by atoms with Crippen molar-refractivity contribution in [2.24, 2.45) is 0 Å². The normalized spacial score (nSPS) is 14.4. The number of ether oxygens (including phenoxy) is 2. The van der Waals surface area contributed by atoms with E-state index in [0.29, 0.717) is 30.9 Å². The summed E-state index contributed by atoms with van der Waals surface area (Å²) in [7, 11) is 2.14. The van der Waals surface area contributed by atoms with Crippen LogP contribution in [0, 0.1) is 6.92 Å². The van der Waals surface area contributed by atoms with Crippen molar-refractivity contribution in [3.8, 4) is 11.4 Å². The molecule has 192 valence electrons. The van der Waals surface area contributed by atoms with Gasteiger partial charge in [0, 0.05) is 32.3 Å². The molecule has 36 heavy (non-hydrogen) atoms. The molecular weight excluding hydrogens is 454 g/mol. The molecule has 0 atom stereocenters. The summed E-state index contributed by atoms with van der Waals surface area (Å²) < 4.78 is 13.2. The smallest absolute Gasteiger partial charge is 0.291 e. The van der Waals surface area contributed by atoms with Crippen LogP contribution in [0.5, 0.6) is 5.75 Å². The molecule has 4 rings (SSSR count). The first-order valence-corrected chi connectivity index (χ1v) is 12.7. The Kier molecular flexibility index (Phi) is 8.72. The number of hydrogen-bond donors (Lipinski definition) is 1. The molecule has 0 spiro atoms. The van der Waals surface area contributed by atoms with E-state index in [-0.39, 0.29) is 11.7 Å².